The minimum Gasteiger partial charge on any atom is -0.393 e. The molecule has 0 saturated carbocycles. The van der Waals surface area contributed by atoms with E-state index in [1.807, 2.05) is 25.3 Å². The highest BCUT2D eigenvalue weighted by Gasteiger charge is 2.23. The van der Waals surface area contributed by atoms with E-state index in [9.17, 15) is 20.2 Å². The number of aromatic nitrogens is 1. The number of nitrogens with zero attached hydrogens (tertiary/aromatic N) is 2. The Morgan fingerprint density at radius 3 is 2.54 bits per heavy atom. The number of anilines is 2. The molecule has 9 nitrogen and oxygen atoms in total. The van der Waals surface area contributed by atoms with Crippen LogP contribution in [0, 0.1) is 27.2 Å². The van der Waals surface area contributed by atoms with Crippen LogP contribution in [0.15, 0.2) is 36.5 Å². The van der Waals surface area contributed by atoms with Crippen molar-refractivity contribution in [3.8, 4) is 0 Å². The molecule has 0 fully saturated rings. The number of H-pyrrole nitrogens is 1. The Hall–Kier alpha value is -3.62. The Bertz CT molecular complexity index is 1010. The van der Waals surface area contributed by atoms with Gasteiger partial charge in [-0.3, -0.25) is 20.2 Å². The van der Waals surface area contributed by atoms with E-state index in [4.69, 9.17) is 5.73 Å². The maximum atomic E-state index is 11.2. The van der Waals surface area contributed by atoms with Gasteiger partial charge in [0.05, 0.1) is 15.9 Å². The third-order valence-corrected chi connectivity index (χ3v) is 4.17. The molecule has 0 radical (unpaired) electrons. The largest absolute Gasteiger partial charge is 0.393 e. The molecule has 1 heterocycles. The maximum Gasteiger partial charge on any atom is 0.299 e. The molecular weight excluding hydrogens is 338 g/mol. The fraction of sp³-hybridized carbons (Fsp3) is 0.176. The fourth-order valence-corrected chi connectivity index (χ4v) is 2.88. The number of benzene rings is 2. The second-order valence-corrected chi connectivity index (χ2v) is 5.98. The Balaban J connectivity index is 1.80. The summed E-state index contributed by atoms with van der Waals surface area (Å²) in [5, 5.41) is 26.2. The molecule has 4 N–H and O–H groups in total. The normalized spacial score (nSPS) is 10.8. The SMILES string of the molecule is Cc1ccc2[nH]cc(CCNc3cc(N)c([N+](=O)[O-])cc3[N+](=O)[O-])c2c1. The average molecular weight is 355 g/mol. The summed E-state index contributed by atoms with van der Waals surface area (Å²) in [4.78, 5) is 23.9. The van der Waals surface area contributed by atoms with Crippen molar-refractivity contribution in [2.45, 2.75) is 13.3 Å². The molecule has 0 amide bonds. The summed E-state index contributed by atoms with van der Waals surface area (Å²) in [7, 11) is 0. The lowest BCUT2D eigenvalue weighted by Crippen LogP contribution is -2.08. The molecule has 0 aliphatic carbocycles. The predicted molar refractivity (Wildman–Crippen MR) is 99.4 cm³/mol. The van der Waals surface area contributed by atoms with Crippen LogP contribution in [0.4, 0.5) is 22.7 Å². The lowest BCUT2D eigenvalue weighted by Gasteiger charge is -2.08. The van der Waals surface area contributed by atoms with Gasteiger partial charge in [0.15, 0.2) is 0 Å². The molecule has 9 heteroatoms. The lowest BCUT2D eigenvalue weighted by atomic mass is 10.1. The van der Waals surface area contributed by atoms with Gasteiger partial charge in [-0.2, -0.15) is 0 Å². The molecule has 2 aromatic carbocycles. The van der Waals surface area contributed by atoms with Crippen molar-refractivity contribution in [1.29, 1.82) is 0 Å². The highest BCUT2D eigenvalue weighted by atomic mass is 16.6. The monoisotopic (exact) mass is 355 g/mol. The van der Waals surface area contributed by atoms with Gasteiger partial charge in [-0.25, -0.2) is 0 Å². The number of aromatic amines is 1. The molecule has 0 unspecified atom stereocenters. The van der Waals surface area contributed by atoms with Crippen molar-refractivity contribution in [3.63, 3.8) is 0 Å². The first-order chi connectivity index (χ1) is 12.4. The summed E-state index contributed by atoms with van der Waals surface area (Å²) in [6.07, 6.45) is 2.53. The highest BCUT2D eigenvalue weighted by Crippen LogP contribution is 2.34. The molecule has 3 aromatic rings. The number of hydrogen-bond acceptors (Lipinski definition) is 6. The Morgan fingerprint density at radius 1 is 1.12 bits per heavy atom. The molecule has 134 valence electrons. The zero-order valence-corrected chi connectivity index (χ0v) is 14.0. The molecule has 26 heavy (non-hydrogen) atoms. The highest BCUT2D eigenvalue weighted by molar-refractivity contribution is 5.84. The van der Waals surface area contributed by atoms with E-state index in [2.05, 4.69) is 16.4 Å². The van der Waals surface area contributed by atoms with Crippen molar-refractivity contribution >= 4 is 33.7 Å². The molecular formula is C17H17N5O4. The van der Waals surface area contributed by atoms with Gasteiger partial charge in [-0.15, -0.1) is 0 Å². The first-order valence-corrected chi connectivity index (χ1v) is 7.89. The number of nitro benzene ring substituents is 2. The molecule has 0 bridgehead atoms. The summed E-state index contributed by atoms with van der Waals surface area (Å²) < 4.78 is 0. The van der Waals surface area contributed by atoms with Gasteiger partial charge in [0.2, 0.25) is 0 Å². The Morgan fingerprint density at radius 2 is 1.85 bits per heavy atom. The van der Waals surface area contributed by atoms with Crippen LogP contribution in [-0.2, 0) is 6.42 Å². The van der Waals surface area contributed by atoms with Crippen molar-refractivity contribution < 1.29 is 9.85 Å². The van der Waals surface area contributed by atoms with Gasteiger partial charge in [0.25, 0.3) is 11.4 Å². The first kappa shape index (κ1) is 17.2. The summed E-state index contributed by atoms with van der Waals surface area (Å²) in [5.41, 5.74) is 8.07. The van der Waals surface area contributed by atoms with E-state index >= 15 is 0 Å². The number of fused-ring (bicyclic) bond motifs is 1. The van der Waals surface area contributed by atoms with E-state index in [0.29, 0.717) is 13.0 Å². The average Bonchev–Trinajstić information content (AvgIpc) is 2.96. The topological polar surface area (TPSA) is 140 Å². The standard InChI is InChI=1S/C17H17N5O4/c1-10-2-3-14-12(6-10)11(9-20-14)4-5-19-15-7-13(18)16(21(23)24)8-17(15)22(25)26/h2-3,6-9,19-20H,4-5,18H2,1H3. The minimum atomic E-state index is -0.736. The zero-order chi connectivity index (χ0) is 18.8. The van der Waals surface area contributed by atoms with Crippen molar-refractivity contribution in [3.05, 3.63) is 67.9 Å². The molecule has 0 spiro atoms. The van der Waals surface area contributed by atoms with Crippen molar-refractivity contribution in [2.24, 2.45) is 0 Å². The fourth-order valence-electron chi connectivity index (χ4n) is 2.88. The number of nitrogen functional groups attached to an aromatic ring is 1. The smallest absolute Gasteiger partial charge is 0.299 e. The molecule has 1 aromatic heterocycles. The molecule has 3 rings (SSSR count). The molecule has 0 atom stereocenters. The molecule has 0 saturated heterocycles. The van der Waals surface area contributed by atoms with Crippen LogP contribution in [0.2, 0.25) is 0 Å². The second-order valence-electron chi connectivity index (χ2n) is 5.98. The van der Waals surface area contributed by atoms with E-state index in [1.165, 1.54) is 6.07 Å². The van der Waals surface area contributed by atoms with Gasteiger partial charge in [-0.05, 0) is 37.1 Å². The number of rotatable bonds is 6. The summed E-state index contributed by atoms with van der Waals surface area (Å²) in [6, 6.07) is 8.21. The Labute approximate surface area is 148 Å². The van der Waals surface area contributed by atoms with Crippen LogP contribution in [-0.4, -0.2) is 21.4 Å². The van der Waals surface area contributed by atoms with Gasteiger partial charge in [0, 0.05) is 23.6 Å². The van der Waals surface area contributed by atoms with Crippen LogP contribution >= 0.6 is 0 Å². The molecule has 0 aliphatic rings. The van der Waals surface area contributed by atoms with Gasteiger partial charge in [0.1, 0.15) is 11.4 Å². The number of nitrogens with one attached hydrogen (secondary N) is 2. The van der Waals surface area contributed by atoms with E-state index in [0.717, 1.165) is 28.1 Å². The number of nitro groups is 2. The second kappa shape index (κ2) is 6.71. The minimum absolute atomic E-state index is 0.120. The van der Waals surface area contributed by atoms with Crippen LogP contribution in [0.1, 0.15) is 11.1 Å². The summed E-state index contributed by atoms with van der Waals surface area (Å²) in [6.45, 7) is 2.43. The zero-order valence-electron chi connectivity index (χ0n) is 14.0. The number of aryl methyl sites for hydroxylation is 1. The summed E-state index contributed by atoms with van der Waals surface area (Å²) >= 11 is 0. The van der Waals surface area contributed by atoms with E-state index < -0.39 is 15.5 Å². The lowest BCUT2D eigenvalue weighted by molar-refractivity contribution is -0.393. The Kier molecular flexibility index (Phi) is 4.44. The number of hydrogen-bond donors (Lipinski definition) is 3. The molecule has 0 aliphatic heterocycles. The quantitative estimate of drug-likeness (QED) is 0.351. The third kappa shape index (κ3) is 3.27. The summed E-state index contributed by atoms with van der Waals surface area (Å²) in [5.74, 6) is 0. The van der Waals surface area contributed by atoms with Gasteiger partial charge >= 0.3 is 0 Å². The first-order valence-electron chi connectivity index (χ1n) is 7.89. The van der Waals surface area contributed by atoms with E-state index in [1.54, 1.807) is 0 Å². The number of nitrogens with two attached hydrogens (primary N) is 1. The van der Waals surface area contributed by atoms with Crippen LogP contribution in [0.5, 0.6) is 0 Å². The van der Waals surface area contributed by atoms with Crippen LogP contribution in [0.25, 0.3) is 10.9 Å². The predicted octanol–water partition coefficient (Wildman–Crippen LogP) is 3.53. The third-order valence-electron chi connectivity index (χ3n) is 4.17. The van der Waals surface area contributed by atoms with Crippen LogP contribution < -0.4 is 11.1 Å². The van der Waals surface area contributed by atoms with Gasteiger partial charge in [-0.1, -0.05) is 11.6 Å². The van der Waals surface area contributed by atoms with Gasteiger partial charge < -0.3 is 16.0 Å². The van der Waals surface area contributed by atoms with E-state index in [-0.39, 0.29) is 17.1 Å². The van der Waals surface area contributed by atoms with Crippen LogP contribution in [0.3, 0.4) is 0 Å². The maximum absolute atomic E-state index is 11.2. The van der Waals surface area contributed by atoms with Crippen molar-refractivity contribution in [2.75, 3.05) is 17.6 Å². The van der Waals surface area contributed by atoms with Crippen molar-refractivity contribution in [1.82, 2.24) is 4.98 Å².